The zero-order valence-corrected chi connectivity index (χ0v) is 20.2. The van der Waals surface area contributed by atoms with Crippen LogP contribution >= 0.6 is 0 Å². The summed E-state index contributed by atoms with van der Waals surface area (Å²) in [6.45, 7) is 7.68. The van der Waals surface area contributed by atoms with Gasteiger partial charge in [0, 0.05) is 19.2 Å². The van der Waals surface area contributed by atoms with Gasteiger partial charge in [-0.2, -0.15) is 5.10 Å². The van der Waals surface area contributed by atoms with Crippen molar-refractivity contribution in [2.45, 2.75) is 58.7 Å². The number of aryl methyl sites for hydroxylation is 1. The van der Waals surface area contributed by atoms with Gasteiger partial charge in [-0.1, -0.05) is 43.3 Å². The van der Waals surface area contributed by atoms with Crippen molar-refractivity contribution in [1.82, 2.24) is 20.0 Å². The van der Waals surface area contributed by atoms with Gasteiger partial charge in [-0.05, 0) is 57.4 Å². The Morgan fingerprint density at radius 3 is 2.50 bits per heavy atom. The molecule has 2 aromatic carbocycles. The van der Waals surface area contributed by atoms with Crippen LogP contribution in [0.5, 0.6) is 11.6 Å². The maximum absolute atomic E-state index is 13.2. The molecule has 0 saturated carbocycles. The number of benzene rings is 2. The molecule has 2 amide bonds. The first-order valence-electron chi connectivity index (χ1n) is 12.1. The van der Waals surface area contributed by atoms with Crippen LogP contribution in [0.4, 0.5) is 4.79 Å². The average Bonchev–Trinajstić information content (AvgIpc) is 3.47. The Balaban J connectivity index is 1.74. The first kappa shape index (κ1) is 23.8. The van der Waals surface area contributed by atoms with E-state index in [0.29, 0.717) is 19.0 Å². The van der Waals surface area contributed by atoms with Gasteiger partial charge in [0.1, 0.15) is 5.75 Å². The molecule has 1 N–H and O–H groups in total. The van der Waals surface area contributed by atoms with Crippen molar-refractivity contribution < 1.29 is 14.3 Å². The Morgan fingerprint density at radius 2 is 1.88 bits per heavy atom. The maximum atomic E-state index is 13.2. The van der Waals surface area contributed by atoms with Crippen LogP contribution in [0.15, 0.2) is 60.7 Å². The van der Waals surface area contributed by atoms with Crippen LogP contribution in [0.3, 0.4) is 0 Å². The third kappa shape index (κ3) is 5.78. The third-order valence-electron chi connectivity index (χ3n) is 5.81. The Morgan fingerprint density at radius 1 is 1.18 bits per heavy atom. The number of carbonyl (C=O) groups excluding carboxylic acids is 1. The molecular weight excluding hydrogens is 428 g/mol. The van der Waals surface area contributed by atoms with Gasteiger partial charge in [0.05, 0.1) is 29.6 Å². The van der Waals surface area contributed by atoms with E-state index < -0.39 is 0 Å². The summed E-state index contributed by atoms with van der Waals surface area (Å²) in [5.41, 5.74) is 2.73. The van der Waals surface area contributed by atoms with Gasteiger partial charge in [-0.3, -0.25) is 0 Å². The molecule has 4 rings (SSSR count). The average molecular weight is 463 g/mol. The van der Waals surface area contributed by atoms with Gasteiger partial charge in [-0.25, -0.2) is 9.48 Å². The molecule has 0 bridgehead atoms. The quantitative estimate of drug-likeness (QED) is 0.467. The molecule has 0 aliphatic carbocycles. The van der Waals surface area contributed by atoms with E-state index in [4.69, 9.17) is 14.6 Å². The highest BCUT2D eigenvalue weighted by Crippen LogP contribution is 2.32. The largest absolute Gasteiger partial charge is 0.439 e. The van der Waals surface area contributed by atoms with Crippen molar-refractivity contribution in [3.05, 3.63) is 71.9 Å². The van der Waals surface area contributed by atoms with E-state index in [0.717, 1.165) is 48.6 Å². The number of nitrogens with zero attached hydrogens (tertiary/aromatic N) is 3. The highest BCUT2D eigenvalue weighted by molar-refractivity contribution is 5.74. The predicted octanol–water partition coefficient (Wildman–Crippen LogP) is 5.33. The van der Waals surface area contributed by atoms with E-state index in [9.17, 15) is 4.79 Å². The van der Waals surface area contributed by atoms with Crippen LogP contribution < -0.4 is 10.1 Å². The molecule has 1 atom stereocenters. The number of ether oxygens (including phenoxy) is 2. The fraction of sp³-hybridized carbons (Fsp3) is 0.407. The molecule has 1 aliphatic rings. The maximum Gasteiger partial charge on any atom is 0.317 e. The van der Waals surface area contributed by atoms with Crippen LogP contribution in [-0.2, 0) is 17.7 Å². The minimum Gasteiger partial charge on any atom is -0.439 e. The summed E-state index contributed by atoms with van der Waals surface area (Å²) in [4.78, 5) is 15.0. The van der Waals surface area contributed by atoms with Crippen LogP contribution in [-0.4, -0.2) is 46.0 Å². The fourth-order valence-corrected chi connectivity index (χ4v) is 4.15. The Labute approximate surface area is 201 Å². The SMILES string of the molecule is CCc1nn(-c2ccccc2)c(Oc2ccccc2)c1CN(C[C@@H]1CCCO1)C(=O)NC(C)C. The van der Waals surface area contributed by atoms with E-state index in [2.05, 4.69) is 12.2 Å². The van der Waals surface area contributed by atoms with Crippen LogP contribution in [0.25, 0.3) is 5.69 Å². The number of para-hydroxylation sites is 2. The number of urea groups is 1. The Hall–Kier alpha value is -3.32. The minimum absolute atomic E-state index is 0.0391. The lowest BCUT2D eigenvalue weighted by Crippen LogP contribution is -2.45. The number of carbonyl (C=O) groups is 1. The molecule has 1 fully saturated rings. The van der Waals surface area contributed by atoms with Crippen molar-refractivity contribution >= 4 is 6.03 Å². The molecule has 0 spiro atoms. The number of hydrogen-bond acceptors (Lipinski definition) is 4. The number of hydrogen-bond donors (Lipinski definition) is 1. The highest BCUT2D eigenvalue weighted by atomic mass is 16.5. The van der Waals surface area contributed by atoms with Gasteiger partial charge in [0.2, 0.25) is 5.88 Å². The van der Waals surface area contributed by atoms with E-state index in [1.54, 1.807) is 0 Å². The lowest BCUT2D eigenvalue weighted by molar-refractivity contribution is 0.0788. The van der Waals surface area contributed by atoms with Crippen LogP contribution in [0, 0.1) is 0 Å². The van der Waals surface area contributed by atoms with Crippen molar-refractivity contribution in [2.75, 3.05) is 13.2 Å². The summed E-state index contributed by atoms with van der Waals surface area (Å²) in [5.74, 6) is 1.35. The molecule has 7 nitrogen and oxygen atoms in total. The van der Waals surface area contributed by atoms with Crippen LogP contribution in [0.2, 0.25) is 0 Å². The second-order valence-corrected chi connectivity index (χ2v) is 8.87. The summed E-state index contributed by atoms with van der Waals surface area (Å²) < 4.78 is 14.1. The molecule has 180 valence electrons. The summed E-state index contributed by atoms with van der Waals surface area (Å²) in [5, 5.41) is 7.95. The molecule has 7 heteroatoms. The Bertz CT molecular complexity index is 1060. The Kier molecular flexibility index (Phi) is 7.85. The van der Waals surface area contributed by atoms with Gasteiger partial charge >= 0.3 is 6.03 Å². The zero-order chi connectivity index (χ0) is 23.9. The summed E-state index contributed by atoms with van der Waals surface area (Å²) in [7, 11) is 0. The molecular formula is C27H34N4O3. The molecule has 0 radical (unpaired) electrons. The van der Waals surface area contributed by atoms with E-state index in [1.165, 1.54) is 0 Å². The predicted molar refractivity (Wildman–Crippen MR) is 133 cm³/mol. The molecule has 1 saturated heterocycles. The number of nitrogens with one attached hydrogen (secondary N) is 1. The van der Waals surface area contributed by atoms with Crippen molar-refractivity contribution in [3.8, 4) is 17.3 Å². The molecule has 0 unspecified atom stereocenters. The smallest absolute Gasteiger partial charge is 0.317 e. The standard InChI is InChI=1S/C27H34N4O3/c1-4-25-24(19-30(27(32)28-20(2)3)18-23-16-11-17-33-23)26(34-22-14-9-6-10-15-22)31(29-25)21-12-7-5-8-13-21/h5-10,12-15,20,23H,4,11,16-19H2,1-3H3,(H,28,32)/t23-/m0/s1. The first-order chi connectivity index (χ1) is 16.5. The van der Waals surface area contributed by atoms with E-state index in [-0.39, 0.29) is 18.2 Å². The summed E-state index contributed by atoms with van der Waals surface area (Å²) in [6.07, 6.45) is 2.76. The second-order valence-electron chi connectivity index (χ2n) is 8.87. The first-order valence-corrected chi connectivity index (χ1v) is 12.1. The monoisotopic (exact) mass is 462 g/mol. The lowest BCUT2D eigenvalue weighted by atomic mass is 10.1. The molecule has 1 aromatic heterocycles. The van der Waals surface area contributed by atoms with Crippen molar-refractivity contribution in [2.24, 2.45) is 0 Å². The van der Waals surface area contributed by atoms with Gasteiger partial charge in [-0.15, -0.1) is 0 Å². The summed E-state index contributed by atoms with van der Waals surface area (Å²) >= 11 is 0. The van der Waals surface area contributed by atoms with E-state index >= 15 is 0 Å². The van der Waals surface area contributed by atoms with Gasteiger partial charge < -0.3 is 19.7 Å². The number of amides is 2. The lowest BCUT2D eigenvalue weighted by Gasteiger charge is -2.27. The molecule has 3 aromatic rings. The van der Waals surface area contributed by atoms with Gasteiger partial charge in [0.15, 0.2) is 0 Å². The van der Waals surface area contributed by atoms with E-state index in [1.807, 2.05) is 84.1 Å². The van der Waals surface area contributed by atoms with Crippen molar-refractivity contribution in [3.63, 3.8) is 0 Å². The number of rotatable bonds is 9. The van der Waals surface area contributed by atoms with Crippen LogP contribution in [0.1, 0.15) is 44.9 Å². The third-order valence-corrected chi connectivity index (χ3v) is 5.81. The minimum atomic E-state index is -0.106. The zero-order valence-electron chi connectivity index (χ0n) is 20.2. The summed E-state index contributed by atoms with van der Waals surface area (Å²) in [6, 6.07) is 19.6. The number of aromatic nitrogens is 2. The normalized spacial score (nSPS) is 15.5. The fourth-order valence-electron chi connectivity index (χ4n) is 4.15. The highest BCUT2D eigenvalue weighted by Gasteiger charge is 2.28. The topological polar surface area (TPSA) is 68.6 Å². The molecule has 2 heterocycles. The molecule has 1 aliphatic heterocycles. The second kappa shape index (κ2) is 11.2. The van der Waals surface area contributed by atoms with Gasteiger partial charge in [0.25, 0.3) is 0 Å². The van der Waals surface area contributed by atoms with Crippen molar-refractivity contribution in [1.29, 1.82) is 0 Å². The molecule has 34 heavy (non-hydrogen) atoms.